The molecule has 6 heteroatoms. The van der Waals surface area contributed by atoms with E-state index in [-0.39, 0.29) is 6.10 Å². The number of hydrogen-bond acceptors (Lipinski definition) is 4. The number of aromatic nitrogens is 2. The first-order valence-electron chi connectivity index (χ1n) is 5.75. The van der Waals surface area contributed by atoms with Gasteiger partial charge in [-0.25, -0.2) is 0 Å². The number of thiophene rings is 1. The van der Waals surface area contributed by atoms with Crippen molar-refractivity contribution in [3.05, 3.63) is 10.4 Å². The van der Waals surface area contributed by atoms with Crippen molar-refractivity contribution in [1.29, 1.82) is 0 Å². The van der Waals surface area contributed by atoms with Gasteiger partial charge in [-0.15, -0.1) is 0 Å². The number of fused-ring (bicyclic) bond motifs is 3. The molecular formula is C12H14BrN2OS2+. The Kier molecular flexibility index (Phi) is 3.28. The standard InChI is InChI=1S/C12H14BrN2OS2/c1-6-7(2)18-10-9(6)11-15(12(14-10)17-3)5-8(4-13)16-11/h8H,4-5H2,1-3H3/q+1. The zero-order chi connectivity index (χ0) is 12.9. The summed E-state index contributed by atoms with van der Waals surface area (Å²) in [7, 11) is 0. The third kappa shape index (κ3) is 1.77. The molecule has 2 aromatic rings. The van der Waals surface area contributed by atoms with Crippen molar-refractivity contribution >= 4 is 49.2 Å². The molecule has 0 fully saturated rings. The van der Waals surface area contributed by atoms with E-state index >= 15 is 0 Å². The summed E-state index contributed by atoms with van der Waals surface area (Å²) in [6.45, 7) is 5.18. The van der Waals surface area contributed by atoms with Gasteiger partial charge in [-0.05, 0) is 42.4 Å². The first-order chi connectivity index (χ1) is 8.65. The number of thioether (sulfide) groups is 1. The second-order valence-electron chi connectivity index (χ2n) is 4.37. The van der Waals surface area contributed by atoms with E-state index in [9.17, 15) is 0 Å². The van der Waals surface area contributed by atoms with Gasteiger partial charge in [0.25, 0.3) is 5.88 Å². The maximum Gasteiger partial charge on any atom is 0.363 e. The van der Waals surface area contributed by atoms with Crippen molar-refractivity contribution in [3.63, 3.8) is 0 Å². The average Bonchev–Trinajstić information content (AvgIpc) is 2.90. The average molecular weight is 346 g/mol. The second-order valence-corrected chi connectivity index (χ2v) is 7.00. The van der Waals surface area contributed by atoms with Gasteiger partial charge in [0.05, 0.1) is 0 Å². The number of alkyl halides is 1. The van der Waals surface area contributed by atoms with E-state index in [0.717, 1.165) is 27.7 Å². The van der Waals surface area contributed by atoms with Crippen LogP contribution in [0, 0.1) is 13.8 Å². The summed E-state index contributed by atoms with van der Waals surface area (Å²) in [4.78, 5) is 7.18. The van der Waals surface area contributed by atoms with Crippen molar-refractivity contribution < 1.29 is 9.30 Å². The Morgan fingerprint density at radius 2 is 2.33 bits per heavy atom. The van der Waals surface area contributed by atoms with Crippen molar-refractivity contribution in [2.45, 2.75) is 31.7 Å². The van der Waals surface area contributed by atoms with Crippen LogP contribution >= 0.6 is 39.0 Å². The van der Waals surface area contributed by atoms with E-state index in [1.54, 1.807) is 23.1 Å². The van der Waals surface area contributed by atoms with Gasteiger partial charge in [0.1, 0.15) is 18.0 Å². The fraction of sp³-hybridized carbons (Fsp3) is 0.500. The van der Waals surface area contributed by atoms with Crippen LogP contribution in [-0.2, 0) is 6.54 Å². The van der Waals surface area contributed by atoms with E-state index in [1.807, 2.05) is 0 Å². The molecule has 18 heavy (non-hydrogen) atoms. The van der Waals surface area contributed by atoms with E-state index < -0.39 is 0 Å². The van der Waals surface area contributed by atoms with Crippen LogP contribution in [-0.4, -0.2) is 22.7 Å². The molecule has 0 spiro atoms. The number of ether oxygens (including phenoxy) is 1. The molecule has 1 aliphatic rings. The summed E-state index contributed by atoms with van der Waals surface area (Å²) in [5, 5.41) is 3.09. The molecule has 2 aromatic heterocycles. The molecule has 0 aromatic carbocycles. The Morgan fingerprint density at radius 3 is 3.00 bits per heavy atom. The molecule has 3 heterocycles. The quantitative estimate of drug-likeness (QED) is 0.362. The fourth-order valence-electron chi connectivity index (χ4n) is 2.23. The SMILES string of the molecule is CSc1nc2sc(C)c(C)c2c2[n+]1CC(CBr)O2. The number of rotatable bonds is 2. The van der Waals surface area contributed by atoms with E-state index in [2.05, 4.69) is 40.6 Å². The van der Waals surface area contributed by atoms with Crippen LogP contribution in [0.15, 0.2) is 5.16 Å². The minimum atomic E-state index is 0.211. The minimum Gasteiger partial charge on any atom is -0.453 e. The Morgan fingerprint density at radius 1 is 1.56 bits per heavy atom. The molecule has 0 amide bonds. The first-order valence-corrected chi connectivity index (χ1v) is 8.92. The fourth-order valence-corrected chi connectivity index (χ4v) is 4.20. The Balaban J connectivity index is 2.31. The predicted octanol–water partition coefficient (Wildman–Crippen LogP) is 3.08. The van der Waals surface area contributed by atoms with Crippen LogP contribution in [0.25, 0.3) is 10.2 Å². The van der Waals surface area contributed by atoms with Crippen molar-refractivity contribution in [2.24, 2.45) is 0 Å². The molecule has 0 aliphatic carbocycles. The maximum absolute atomic E-state index is 6.08. The summed E-state index contributed by atoms with van der Waals surface area (Å²) < 4.78 is 8.28. The lowest BCUT2D eigenvalue weighted by atomic mass is 10.2. The van der Waals surface area contributed by atoms with Gasteiger partial charge in [-0.2, -0.15) is 4.57 Å². The van der Waals surface area contributed by atoms with E-state index in [0.29, 0.717) is 0 Å². The topological polar surface area (TPSA) is 26.0 Å². The zero-order valence-electron chi connectivity index (χ0n) is 10.5. The molecule has 1 atom stereocenters. The molecule has 96 valence electrons. The maximum atomic E-state index is 6.08. The van der Waals surface area contributed by atoms with Crippen LogP contribution in [0.5, 0.6) is 5.88 Å². The van der Waals surface area contributed by atoms with Crippen LogP contribution in [0.4, 0.5) is 0 Å². The normalized spacial score (nSPS) is 18.1. The molecular weight excluding hydrogens is 332 g/mol. The Labute approximate surface area is 123 Å². The van der Waals surface area contributed by atoms with E-state index in [4.69, 9.17) is 9.72 Å². The monoisotopic (exact) mass is 345 g/mol. The van der Waals surface area contributed by atoms with Crippen LogP contribution < -0.4 is 9.30 Å². The third-order valence-electron chi connectivity index (χ3n) is 3.27. The van der Waals surface area contributed by atoms with Crippen LogP contribution in [0.3, 0.4) is 0 Å². The van der Waals surface area contributed by atoms with Gasteiger partial charge in [0.15, 0.2) is 0 Å². The lowest BCUT2D eigenvalue weighted by Crippen LogP contribution is -2.36. The smallest absolute Gasteiger partial charge is 0.363 e. The minimum absolute atomic E-state index is 0.211. The second kappa shape index (κ2) is 4.65. The molecule has 3 nitrogen and oxygen atoms in total. The molecule has 1 aliphatic heterocycles. The molecule has 0 saturated heterocycles. The summed E-state index contributed by atoms with van der Waals surface area (Å²) in [5.41, 5.74) is 1.30. The highest BCUT2D eigenvalue weighted by molar-refractivity contribution is 9.09. The Bertz CT molecular complexity index is 626. The summed E-state index contributed by atoms with van der Waals surface area (Å²) in [6, 6.07) is 0. The molecule has 0 saturated carbocycles. The predicted molar refractivity (Wildman–Crippen MR) is 79.3 cm³/mol. The highest BCUT2D eigenvalue weighted by atomic mass is 79.9. The third-order valence-corrected chi connectivity index (χ3v) is 5.77. The van der Waals surface area contributed by atoms with Crippen molar-refractivity contribution in [2.75, 3.05) is 11.6 Å². The molecule has 0 radical (unpaired) electrons. The lowest BCUT2D eigenvalue weighted by molar-refractivity contribution is -0.720. The van der Waals surface area contributed by atoms with Crippen LogP contribution in [0.2, 0.25) is 0 Å². The molecule has 1 unspecified atom stereocenters. The first kappa shape index (κ1) is 12.7. The highest BCUT2D eigenvalue weighted by Crippen LogP contribution is 2.36. The van der Waals surface area contributed by atoms with Gasteiger partial charge in [0, 0.05) is 10.2 Å². The van der Waals surface area contributed by atoms with Crippen molar-refractivity contribution in [3.8, 4) is 5.88 Å². The zero-order valence-corrected chi connectivity index (χ0v) is 13.7. The van der Waals surface area contributed by atoms with Gasteiger partial charge >= 0.3 is 5.16 Å². The molecule has 3 rings (SSSR count). The van der Waals surface area contributed by atoms with Crippen molar-refractivity contribution in [1.82, 2.24) is 4.98 Å². The number of hydrogen-bond donors (Lipinski definition) is 0. The summed E-state index contributed by atoms with van der Waals surface area (Å²) >= 11 is 6.94. The van der Waals surface area contributed by atoms with Crippen LogP contribution in [0.1, 0.15) is 10.4 Å². The number of halogens is 1. The van der Waals surface area contributed by atoms with Gasteiger partial charge in [-0.1, -0.05) is 27.3 Å². The van der Waals surface area contributed by atoms with Gasteiger partial charge in [-0.3, -0.25) is 0 Å². The molecule has 0 N–H and O–H groups in total. The summed E-state index contributed by atoms with van der Waals surface area (Å²) in [5.74, 6) is 0.996. The van der Waals surface area contributed by atoms with Gasteiger partial charge in [0.2, 0.25) is 4.83 Å². The van der Waals surface area contributed by atoms with Gasteiger partial charge < -0.3 is 4.74 Å². The van der Waals surface area contributed by atoms with E-state index in [1.165, 1.54) is 15.8 Å². The number of nitrogens with zero attached hydrogens (tertiary/aromatic N) is 2. The number of aryl methyl sites for hydroxylation is 2. The largest absolute Gasteiger partial charge is 0.453 e. The summed E-state index contributed by atoms with van der Waals surface area (Å²) in [6.07, 6.45) is 2.28. The Hall–Kier alpha value is -0.330. The highest BCUT2D eigenvalue weighted by Gasteiger charge is 2.35. The lowest BCUT2D eigenvalue weighted by Gasteiger charge is -2.01. The molecule has 0 bridgehead atoms.